The Hall–Kier alpha value is -5.81. The Bertz CT molecular complexity index is 1670. The van der Waals surface area contributed by atoms with Crippen molar-refractivity contribution >= 4 is 41.8 Å². The first kappa shape index (κ1) is 80.3. The van der Waals surface area contributed by atoms with Crippen molar-refractivity contribution in [2.45, 2.75) is 132 Å². The number of nitrogens with two attached hydrogens (primary N) is 7. The number of rotatable bonds is 25. The van der Waals surface area contributed by atoms with Crippen LogP contribution in [0.5, 0.6) is 0 Å². The summed E-state index contributed by atoms with van der Waals surface area (Å²) in [6, 6.07) is -0.165. The molecule has 0 saturated carbocycles. The highest BCUT2D eigenvalue weighted by Crippen LogP contribution is 2.01. The minimum atomic E-state index is -0.467. The highest BCUT2D eigenvalue weighted by Gasteiger charge is 2.14. The maximum Gasteiger partial charge on any atom is 0.333 e. The monoisotopic (exact) mass is 1030 g/mol. The van der Waals surface area contributed by atoms with Crippen molar-refractivity contribution in [2.24, 2.45) is 40.1 Å². The van der Waals surface area contributed by atoms with Crippen LogP contribution in [0.25, 0.3) is 0 Å². The number of hydrogen-bond acceptors (Lipinski definition) is 21. The number of carbonyl (C=O) groups excluding carboxylic acids is 7. The van der Waals surface area contributed by atoms with Crippen molar-refractivity contribution < 1.29 is 66.7 Å². The summed E-state index contributed by atoms with van der Waals surface area (Å²) in [4.78, 5) is 74.9. The van der Waals surface area contributed by atoms with Crippen LogP contribution < -0.4 is 40.1 Å². The van der Waals surface area contributed by atoms with Crippen LogP contribution in [0, 0.1) is 0 Å². The number of ether oxygens (including phenoxy) is 7. The second-order valence-electron chi connectivity index (χ2n) is 16.7. The molecule has 0 aromatic rings. The second-order valence-corrected chi connectivity index (χ2v) is 16.7. The molecule has 0 saturated heterocycles. The summed E-state index contributed by atoms with van der Waals surface area (Å²) in [7, 11) is 0. The highest BCUT2D eigenvalue weighted by molar-refractivity contribution is 5.89. The van der Waals surface area contributed by atoms with Gasteiger partial charge >= 0.3 is 41.8 Å². The summed E-state index contributed by atoms with van der Waals surface area (Å²) in [6.07, 6.45) is 3.02. The van der Waals surface area contributed by atoms with Gasteiger partial charge in [0.15, 0.2) is 0 Å². The second kappa shape index (κ2) is 51.5. The molecule has 0 rings (SSSR count). The van der Waals surface area contributed by atoms with E-state index in [1.165, 1.54) is 0 Å². The molecule has 418 valence electrons. The van der Waals surface area contributed by atoms with Gasteiger partial charge in [-0.2, -0.15) is 0 Å². The fourth-order valence-corrected chi connectivity index (χ4v) is 2.64. The zero-order valence-electron chi connectivity index (χ0n) is 45.8. The molecule has 21 heteroatoms. The van der Waals surface area contributed by atoms with Gasteiger partial charge in [0.05, 0.1) is 13.2 Å². The fourth-order valence-electron chi connectivity index (χ4n) is 2.64. The zero-order chi connectivity index (χ0) is 58.2. The van der Waals surface area contributed by atoms with E-state index in [9.17, 15) is 33.6 Å². The fraction of sp³-hybridized carbons (Fsp3) is 0.588. The summed E-state index contributed by atoms with van der Waals surface area (Å²) in [6.45, 7) is 48.1. The molecule has 0 aliphatic carbocycles. The molecule has 0 amide bonds. The van der Waals surface area contributed by atoms with Gasteiger partial charge in [-0.15, -0.1) is 0 Å². The lowest BCUT2D eigenvalue weighted by atomic mass is 10.1. The molecule has 72 heavy (non-hydrogen) atoms. The first-order chi connectivity index (χ1) is 33.1. The van der Waals surface area contributed by atoms with Crippen LogP contribution in [0.4, 0.5) is 0 Å². The Morgan fingerprint density at radius 3 is 1.07 bits per heavy atom. The Morgan fingerprint density at radius 2 is 0.778 bits per heavy atom. The maximum atomic E-state index is 10.8. The Kier molecular flexibility index (Phi) is 57.5. The normalized spacial score (nSPS) is 10.7. The Balaban J connectivity index is -0.000000137. The standard InChI is InChI=1S/3C8H15NO2.3C7H13NO2.C6H11NO2/c1-6(2)7(10)11-5-8(3,4)9;1-7(2)8(10)11-6-4-3-5-9;1-4-7(9)5-11-8(10)6(2)3;1-5(2)7(9)10-4-6(3)8;1-5(2)7(9)10-6(3)4-8;1-6(2)7(9)10-5-3-4-8;1-5(2)6(8)9-4-3-7/h1,5,9H2,2-4H3;1,3-6,9H2,2H3;7H,2,4-5,9H2,1,3H3;2*6H,1,4,8H2,2-3H3;1,3-5,8H2,2H3;1,3-4,7H2,2H3. The third kappa shape index (κ3) is 68.5. The molecule has 0 bridgehead atoms. The van der Waals surface area contributed by atoms with Crippen molar-refractivity contribution in [1.82, 2.24) is 0 Å². The minimum absolute atomic E-state index is 0.0571. The van der Waals surface area contributed by atoms with E-state index in [4.69, 9.17) is 68.6 Å². The minimum Gasteiger partial charge on any atom is -0.462 e. The molecule has 21 nitrogen and oxygen atoms in total. The van der Waals surface area contributed by atoms with E-state index in [-0.39, 0.29) is 86.4 Å². The van der Waals surface area contributed by atoms with E-state index in [1.54, 1.807) is 76.2 Å². The highest BCUT2D eigenvalue weighted by atomic mass is 16.6. The van der Waals surface area contributed by atoms with Gasteiger partial charge in [-0.3, -0.25) is 0 Å². The van der Waals surface area contributed by atoms with Crippen LogP contribution in [-0.2, 0) is 66.7 Å². The average Bonchev–Trinajstić information content (AvgIpc) is 3.29. The van der Waals surface area contributed by atoms with Crippen molar-refractivity contribution in [3.05, 3.63) is 85.1 Å². The van der Waals surface area contributed by atoms with E-state index in [0.717, 1.165) is 19.3 Å². The molecule has 3 unspecified atom stereocenters. The Morgan fingerprint density at radius 1 is 0.458 bits per heavy atom. The molecule has 0 fully saturated rings. The molecule has 0 aliphatic heterocycles. The molecule has 3 atom stereocenters. The maximum absolute atomic E-state index is 10.8. The van der Waals surface area contributed by atoms with Crippen LogP contribution in [-0.4, -0.2) is 131 Å². The third-order valence-corrected chi connectivity index (χ3v) is 6.85. The average molecular weight is 1030 g/mol. The summed E-state index contributed by atoms with van der Waals surface area (Å²) in [5.41, 5.74) is 39.6. The molecular formula is C51H95N7O14. The van der Waals surface area contributed by atoms with E-state index in [1.807, 2.05) is 6.92 Å². The lowest BCUT2D eigenvalue weighted by molar-refractivity contribution is -0.143. The van der Waals surface area contributed by atoms with Crippen LogP contribution in [0.1, 0.15) is 109 Å². The van der Waals surface area contributed by atoms with Gasteiger partial charge in [0.25, 0.3) is 0 Å². The number of carbonyl (C=O) groups is 7. The van der Waals surface area contributed by atoms with Crippen LogP contribution >= 0.6 is 0 Å². The summed E-state index contributed by atoms with van der Waals surface area (Å²) >= 11 is 0. The molecule has 0 aromatic carbocycles. The van der Waals surface area contributed by atoms with Gasteiger partial charge in [0, 0.05) is 69.7 Å². The van der Waals surface area contributed by atoms with Crippen molar-refractivity contribution in [3.8, 4) is 0 Å². The van der Waals surface area contributed by atoms with Crippen LogP contribution in [0.3, 0.4) is 0 Å². The lowest BCUT2D eigenvalue weighted by Crippen LogP contribution is -2.38. The van der Waals surface area contributed by atoms with Crippen molar-refractivity contribution in [1.29, 1.82) is 0 Å². The third-order valence-electron chi connectivity index (χ3n) is 6.85. The Labute approximate surface area is 430 Å². The molecule has 0 radical (unpaired) electrons. The zero-order valence-corrected chi connectivity index (χ0v) is 45.8. The van der Waals surface area contributed by atoms with Gasteiger partial charge in [0.2, 0.25) is 0 Å². The molecule has 14 N–H and O–H groups in total. The van der Waals surface area contributed by atoms with Crippen LogP contribution in [0.15, 0.2) is 85.1 Å². The summed E-state index contributed by atoms with van der Waals surface area (Å²) in [5, 5.41) is 0. The number of unbranched alkanes of at least 4 members (excludes halogenated alkanes) is 1. The molecule has 0 aliphatic rings. The molecule has 0 spiro atoms. The predicted molar refractivity (Wildman–Crippen MR) is 285 cm³/mol. The van der Waals surface area contributed by atoms with Crippen molar-refractivity contribution in [3.63, 3.8) is 0 Å². The van der Waals surface area contributed by atoms with Gasteiger partial charge in [0.1, 0.15) is 32.5 Å². The first-order valence-electron chi connectivity index (χ1n) is 23.0. The van der Waals surface area contributed by atoms with E-state index in [0.29, 0.717) is 84.8 Å². The smallest absolute Gasteiger partial charge is 0.333 e. The van der Waals surface area contributed by atoms with Gasteiger partial charge in [-0.25, -0.2) is 33.6 Å². The summed E-state index contributed by atoms with van der Waals surface area (Å²) in [5.74, 6) is -2.54. The van der Waals surface area contributed by atoms with E-state index < -0.39 is 5.54 Å². The van der Waals surface area contributed by atoms with Gasteiger partial charge < -0.3 is 73.3 Å². The first-order valence-corrected chi connectivity index (χ1v) is 23.0. The topological polar surface area (TPSA) is 366 Å². The quantitative estimate of drug-likeness (QED) is 0.0294. The van der Waals surface area contributed by atoms with E-state index in [2.05, 4.69) is 50.8 Å². The molecular weight excluding hydrogens is 935 g/mol. The molecule has 0 aromatic heterocycles. The largest absolute Gasteiger partial charge is 0.462 e. The van der Waals surface area contributed by atoms with Crippen molar-refractivity contribution in [2.75, 3.05) is 65.8 Å². The SMILES string of the molecule is C=C(C)C(=O)OC(C)CN.C=C(C)C(=O)OCC(C)(C)N.C=C(C)C(=O)OCC(C)N.C=C(C)C(=O)OCC(N)CC.C=C(C)C(=O)OCCCCN.C=C(C)C(=O)OCCCN.C=C(C)C(=O)OCCN. The summed E-state index contributed by atoms with van der Waals surface area (Å²) < 4.78 is 33.2. The van der Waals surface area contributed by atoms with Gasteiger partial charge in [-0.1, -0.05) is 53.0 Å². The van der Waals surface area contributed by atoms with Crippen LogP contribution in [0.2, 0.25) is 0 Å². The lowest BCUT2D eigenvalue weighted by Gasteiger charge is -2.17. The van der Waals surface area contributed by atoms with E-state index >= 15 is 0 Å². The number of hydrogen-bond donors (Lipinski definition) is 7. The predicted octanol–water partition coefficient (Wildman–Crippen LogP) is 3.96. The number of esters is 7. The molecule has 0 heterocycles. The van der Waals surface area contributed by atoms with Gasteiger partial charge in [-0.05, 0) is 115 Å².